The number of amides is 1. The molecule has 2 N–H and O–H groups in total. The van der Waals surface area contributed by atoms with Crippen molar-refractivity contribution in [2.45, 2.75) is 84.0 Å². The van der Waals surface area contributed by atoms with Gasteiger partial charge >= 0.3 is 12.3 Å². The van der Waals surface area contributed by atoms with Crippen LogP contribution in [0.1, 0.15) is 77.2 Å². The first-order valence-electron chi connectivity index (χ1n) is 15.3. The summed E-state index contributed by atoms with van der Waals surface area (Å²) in [6.45, 7) is 4.53. The summed E-state index contributed by atoms with van der Waals surface area (Å²) in [5.74, 6) is -1.73. The maximum absolute atomic E-state index is 13.3. The quantitative estimate of drug-likeness (QED) is 0.185. The van der Waals surface area contributed by atoms with Gasteiger partial charge in [-0.2, -0.15) is 0 Å². The number of halogens is 4. The Labute approximate surface area is 268 Å². The lowest BCUT2D eigenvalue weighted by molar-refractivity contribution is -0.274. The van der Waals surface area contributed by atoms with E-state index in [1.807, 2.05) is 31.2 Å². The number of nitrogens with one attached hydrogen (secondary N) is 1. The van der Waals surface area contributed by atoms with E-state index in [9.17, 15) is 27.9 Å². The van der Waals surface area contributed by atoms with E-state index in [2.05, 4.69) is 17.0 Å². The van der Waals surface area contributed by atoms with Crippen molar-refractivity contribution >= 4 is 29.1 Å². The van der Waals surface area contributed by atoms with Gasteiger partial charge in [0.2, 0.25) is 5.91 Å². The van der Waals surface area contributed by atoms with Gasteiger partial charge < -0.3 is 19.9 Å². The van der Waals surface area contributed by atoms with Gasteiger partial charge in [0.1, 0.15) is 17.6 Å². The van der Waals surface area contributed by atoms with Crippen molar-refractivity contribution < 1.29 is 37.3 Å². The Morgan fingerprint density at radius 1 is 1.09 bits per heavy atom. The van der Waals surface area contributed by atoms with Crippen LogP contribution in [0.25, 0.3) is 5.57 Å². The Balaban J connectivity index is 1.57. The molecular weight excluding hydrogens is 607 g/mol. The molecule has 6 nitrogen and oxygen atoms in total. The third-order valence-corrected chi connectivity index (χ3v) is 7.81. The Kier molecular flexibility index (Phi) is 14.1. The van der Waals surface area contributed by atoms with Gasteiger partial charge in [-0.25, -0.2) is 4.79 Å². The number of ether oxygens (including phenoxy) is 2. The Morgan fingerprint density at radius 2 is 1.82 bits per heavy atom. The smallest absolute Gasteiger partial charge is 0.497 e. The second kappa shape index (κ2) is 17.7. The van der Waals surface area contributed by atoms with Gasteiger partial charge in [0, 0.05) is 16.5 Å². The third kappa shape index (κ3) is 12.3. The van der Waals surface area contributed by atoms with Gasteiger partial charge in [-0.15, -0.1) is 13.2 Å². The molecule has 2 aliphatic carbocycles. The number of aliphatic carboxylic acids is 1. The molecule has 45 heavy (non-hydrogen) atoms. The Hall–Kier alpha value is -3.72. The van der Waals surface area contributed by atoms with Gasteiger partial charge in [-0.1, -0.05) is 93.1 Å². The lowest BCUT2D eigenvalue weighted by Crippen LogP contribution is -2.42. The first-order chi connectivity index (χ1) is 21.5. The van der Waals surface area contributed by atoms with E-state index in [1.165, 1.54) is 18.6 Å². The molecule has 0 fully saturated rings. The molecular formula is C35H41ClF3NO5. The number of unbranched alkanes of at least 4 members (excludes halogenated alkanes) is 4. The van der Waals surface area contributed by atoms with Crippen LogP contribution in [0.15, 0.2) is 88.7 Å². The highest BCUT2D eigenvalue weighted by molar-refractivity contribution is 6.31. The number of hydrogen-bond acceptors (Lipinski definition) is 4. The average molecular weight is 648 g/mol. The minimum Gasteiger partial charge on any atom is -0.497 e. The lowest BCUT2D eigenvalue weighted by Gasteiger charge is -2.21. The Morgan fingerprint density at radius 3 is 2.51 bits per heavy atom. The minimum absolute atomic E-state index is 0.177. The van der Waals surface area contributed by atoms with Gasteiger partial charge in [0.15, 0.2) is 0 Å². The summed E-state index contributed by atoms with van der Waals surface area (Å²) in [5.41, 5.74) is 2.98. The fourth-order valence-electron chi connectivity index (χ4n) is 5.05. The van der Waals surface area contributed by atoms with Crippen LogP contribution in [0, 0.1) is 5.92 Å². The van der Waals surface area contributed by atoms with Gasteiger partial charge in [0.25, 0.3) is 0 Å². The van der Waals surface area contributed by atoms with E-state index in [4.69, 9.17) is 16.3 Å². The minimum atomic E-state index is -4.74. The highest BCUT2D eigenvalue weighted by Gasteiger charge is 2.31. The number of carbonyl (C=O) groups is 2. The highest BCUT2D eigenvalue weighted by Crippen LogP contribution is 2.29. The number of hydrogen-bond donors (Lipinski definition) is 2. The van der Waals surface area contributed by atoms with E-state index in [0.29, 0.717) is 42.2 Å². The maximum Gasteiger partial charge on any atom is 0.573 e. The molecule has 2 aliphatic rings. The second-order valence-electron chi connectivity index (χ2n) is 11.0. The zero-order valence-corrected chi connectivity index (χ0v) is 26.4. The summed E-state index contributed by atoms with van der Waals surface area (Å²) in [6, 6.07) is 4.61. The van der Waals surface area contributed by atoms with E-state index in [-0.39, 0.29) is 12.2 Å². The van der Waals surface area contributed by atoms with Crippen LogP contribution >= 0.6 is 11.6 Å². The number of carboxylic acid groups (broad SMARTS) is 1. The maximum atomic E-state index is 13.3. The molecule has 0 saturated carbocycles. The van der Waals surface area contributed by atoms with Crippen molar-refractivity contribution in [2.75, 3.05) is 6.61 Å². The zero-order valence-electron chi connectivity index (χ0n) is 25.7. The summed E-state index contributed by atoms with van der Waals surface area (Å²) in [4.78, 5) is 25.4. The molecule has 1 amide bonds. The predicted molar refractivity (Wildman–Crippen MR) is 170 cm³/mol. The molecule has 1 aromatic rings. The van der Waals surface area contributed by atoms with E-state index >= 15 is 0 Å². The largest absolute Gasteiger partial charge is 0.573 e. The van der Waals surface area contributed by atoms with E-state index in [1.54, 1.807) is 30.4 Å². The number of alkyl halides is 3. The van der Waals surface area contributed by atoms with Gasteiger partial charge in [-0.05, 0) is 73.6 Å². The predicted octanol–water partition coefficient (Wildman–Crippen LogP) is 9.16. The standard InChI is InChI=1S/C35H41ClF3NO5/c1-3-4-5-6-7-22-44-32-21-17-28(36)23-30(24(32)2)33(41)40-31(34(42)43)20-14-25-10-8-12-26(13-9-11-25)27-15-18-29(19-16-27)45-35(37,38)39/h8,10-11,13,15-19,21,23-24,31H,3-7,9,12,14,20,22H2,1-2H3,(H,40,41)(H,42,43)/b10-8?,25-11+,26-13+/t24?,31-/m0/s1. The SMILES string of the molecule is CCCCCCCOC1=CC=C(Cl)C=C(C(=O)N[C@@H](CC/C2=C/C/C=C(/c3ccc(OC(F)(F)F)cc3)CC=C2)C(=O)O)C1C. The lowest BCUT2D eigenvalue weighted by atomic mass is 9.95. The Bertz CT molecular complexity index is 1360. The van der Waals surface area contributed by atoms with Crippen molar-refractivity contribution in [2.24, 2.45) is 5.92 Å². The van der Waals surface area contributed by atoms with Crippen molar-refractivity contribution in [1.29, 1.82) is 0 Å². The number of allylic oxidation sites excluding steroid dienone is 11. The number of rotatable bonds is 15. The topological polar surface area (TPSA) is 84.9 Å². The molecule has 0 aromatic heterocycles. The van der Waals surface area contributed by atoms with Gasteiger partial charge in [0.05, 0.1) is 6.61 Å². The van der Waals surface area contributed by atoms with E-state index < -0.39 is 30.2 Å². The summed E-state index contributed by atoms with van der Waals surface area (Å²) < 4.78 is 47.3. The number of carbonyl (C=O) groups excluding carboxylic acids is 1. The van der Waals surface area contributed by atoms with Crippen LogP contribution in [-0.4, -0.2) is 36.0 Å². The summed E-state index contributed by atoms with van der Waals surface area (Å²) in [6.07, 6.45) is 15.2. The van der Waals surface area contributed by atoms with Crippen molar-refractivity contribution in [1.82, 2.24) is 5.32 Å². The van der Waals surface area contributed by atoms with Crippen LogP contribution in [0.2, 0.25) is 0 Å². The third-order valence-electron chi connectivity index (χ3n) is 7.57. The van der Waals surface area contributed by atoms with E-state index in [0.717, 1.165) is 42.4 Å². The summed E-state index contributed by atoms with van der Waals surface area (Å²) in [7, 11) is 0. The molecule has 0 radical (unpaired) electrons. The first kappa shape index (κ1) is 35.8. The molecule has 0 heterocycles. The first-order valence-corrected chi connectivity index (χ1v) is 15.7. The molecule has 1 aromatic carbocycles. The van der Waals surface area contributed by atoms with Crippen molar-refractivity contribution in [3.63, 3.8) is 0 Å². The molecule has 1 unspecified atom stereocenters. The fourth-order valence-corrected chi connectivity index (χ4v) is 5.24. The summed E-state index contributed by atoms with van der Waals surface area (Å²) in [5, 5.41) is 12.9. The average Bonchev–Trinajstić information content (AvgIpc) is 3.11. The number of benzene rings is 1. The van der Waals surface area contributed by atoms with Crippen molar-refractivity contribution in [3.8, 4) is 5.75 Å². The van der Waals surface area contributed by atoms with Crippen LogP contribution < -0.4 is 10.1 Å². The fraction of sp³-hybridized carbons (Fsp3) is 0.429. The molecule has 0 spiro atoms. The second-order valence-corrected chi connectivity index (χ2v) is 11.5. The molecule has 0 bridgehead atoms. The molecule has 2 atom stereocenters. The normalized spacial score (nSPS) is 20.0. The molecule has 0 saturated heterocycles. The molecule has 244 valence electrons. The summed E-state index contributed by atoms with van der Waals surface area (Å²) >= 11 is 6.30. The van der Waals surface area contributed by atoms with Crippen LogP contribution in [0.4, 0.5) is 13.2 Å². The van der Waals surface area contributed by atoms with Crippen LogP contribution in [0.3, 0.4) is 0 Å². The molecule has 0 aliphatic heterocycles. The van der Waals surface area contributed by atoms with Crippen LogP contribution in [0.5, 0.6) is 5.75 Å². The number of carboxylic acids is 1. The molecule has 10 heteroatoms. The van der Waals surface area contributed by atoms with Crippen LogP contribution in [-0.2, 0) is 14.3 Å². The van der Waals surface area contributed by atoms with Crippen molar-refractivity contribution in [3.05, 3.63) is 94.3 Å². The monoisotopic (exact) mass is 647 g/mol. The van der Waals surface area contributed by atoms with Gasteiger partial charge in [-0.3, -0.25) is 4.79 Å². The molecule has 3 rings (SSSR count). The highest BCUT2D eigenvalue weighted by atomic mass is 35.5. The zero-order chi connectivity index (χ0) is 32.8.